The Labute approximate surface area is 179 Å². The van der Waals surface area contributed by atoms with Crippen LogP contribution in [-0.2, 0) is 37.1 Å². The number of carbonyl (C=O) groups excluding carboxylic acids is 1. The zero-order valence-electron chi connectivity index (χ0n) is 17.6. The van der Waals surface area contributed by atoms with Crippen molar-refractivity contribution in [2.45, 2.75) is 45.7 Å². The monoisotopic (exact) mass is 399 g/mol. The average molecular weight is 400 g/mol. The Morgan fingerprint density at radius 3 is 2.43 bits per heavy atom. The van der Waals surface area contributed by atoms with Crippen LogP contribution in [-0.4, -0.2) is 17.4 Å². The van der Waals surface area contributed by atoms with Crippen LogP contribution in [0.15, 0.2) is 66.9 Å². The number of fused-ring (bicyclic) bond motifs is 1. The number of hydrogen-bond acceptors (Lipinski definition) is 3. The molecule has 0 saturated carbocycles. The first-order valence-corrected chi connectivity index (χ1v) is 10.8. The lowest BCUT2D eigenvalue weighted by Crippen LogP contribution is -2.31. The predicted octanol–water partition coefficient (Wildman–Crippen LogP) is 4.46. The molecular formula is C26H29N3O. The number of anilines is 1. The van der Waals surface area contributed by atoms with E-state index in [1.165, 1.54) is 22.3 Å². The number of carbonyl (C=O) groups is 1. The SMILES string of the molecule is CCc1ccc(CCC(=O)NCc2ccc(N3CCc4ccccc4C3)nc2)cc1. The van der Waals surface area contributed by atoms with Crippen molar-refractivity contribution in [1.82, 2.24) is 10.3 Å². The molecule has 1 aliphatic rings. The fraction of sp³-hybridized carbons (Fsp3) is 0.308. The standard InChI is InChI=1S/C26H29N3O/c1-2-20-7-9-21(10-8-20)12-14-26(30)28-18-22-11-13-25(27-17-22)29-16-15-23-5-3-4-6-24(23)19-29/h3-11,13,17H,2,12,14-16,18-19H2,1H3,(H,28,30). The van der Waals surface area contributed by atoms with Crippen LogP contribution in [0.4, 0.5) is 5.82 Å². The van der Waals surface area contributed by atoms with Crippen LogP contribution >= 0.6 is 0 Å². The van der Waals surface area contributed by atoms with Gasteiger partial charge in [0.15, 0.2) is 0 Å². The fourth-order valence-corrected chi connectivity index (χ4v) is 3.89. The molecule has 0 radical (unpaired) electrons. The molecule has 154 valence electrons. The summed E-state index contributed by atoms with van der Waals surface area (Å²) in [5, 5.41) is 3.01. The van der Waals surface area contributed by atoms with E-state index in [2.05, 4.69) is 82.8 Å². The largest absolute Gasteiger partial charge is 0.352 e. The first-order chi connectivity index (χ1) is 14.7. The summed E-state index contributed by atoms with van der Waals surface area (Å²) in [6.07, 6.45) is 5.24. The minimum atomic E-state index is 0.0753. The van der Waals surface area contributed by atoms with E-state index in [-0.39, 0.29) is 5.91 Å². The molecule has 1 aromatic heterocycles. The molecule has 1 amide bonds. The summed E-state index contributed by atoms with van der Waals surface area (Å²) in [7, 11) is 0. The van der Waals surface area contributed by atoms with Crippen molar-refractivity contribution in [3.05, 3.63) is 94.7 Å². The normalized spacial score (nSPS) is 13.0. The Bertz CT molecular complexity index is 980. The fourth-order valence-electron chi connectivity index (χ4n) is 3.89. The second kappa shape index (κ2) is 9.57. The summed E-state index contributed by atoms with van der Waals surface area (Å²) in [5.74, 6) is 1.07. The van der Waals surface area contributed by atoms with E-state index >= 15 is 0 Å². The second-order valence-corrected chi connectivity index (χ2v) is 7.91. The maximum Gasteiger partial charge on any atom is 0.220 e. The van der Waals surface area contributed by atoms with E-state index in [1.54, 1.807) is 0 Å². The molecule has 2 heterocycles. The zero-order chi connectivity index (χ0) is 20.8. The molecule has 1 N–H and O–H groups in total. The van der Waals surface area contributed by atoms with Gasteiger partial charge in [-0.2, -0.15) is 0 Å². The van der Waals surface area contributed by atoms with Crippen LogP contribution in [0.2, 0.25) is 0 Å². The molecule has 0 bridgehead atoms. The lowest BCUT2D eigenvalue weighted by Gasteiger charge is -2.29. The summed E-state index contributed by atoms with van der Waals surface area (Å²) >= 11 is 0. The summed E-state index contributed by atoms with van der Waals surface area (Å²) in [6.45, 7) is 4.55. The van der Waals surface area contributed by atoms with E-state index in [4.69, 9.17) is 0 Å². The summed E-state index contributed by atoms with van der Waals surface area (Å²) in [4.78, 5) is 19.2. The van der Waals surface area contributed by atoms with Gasteiger partial charge in [0.25, 0.3) is 0 Å². The number of nitrogens with zero attached hydrogens (tertiary/aromatic N) is 2. The van der Waals surface area contributed by atoms with Crippen molar-refractivity contribution in [2.24, 2.45) is 0 Å². The van der Waals surface area contributed by atoms with Crippen molar-refractivity contribution in [3.63, 3.8) is 0 Å². The molecule has 0 saturated heterocycles. The van der Waals surface area contributed by atoms with Crippen molar-refractivity contribution in [2.75, 3.05) is 11.4 Å². The third-order valence-electron chi connectivity index (χ3n) is 5.83. The molecular weight excluding hydrogens is 370 g/mol. The highest BCUT2D eigenvalue weighted by Crippen LogP contribution is 2.23. The van der Waals surface area contributed by atoms with Gasteiger partial charge in [-0.25, -0.2) is 4.98 Å². The Kier molecular flexibility index (Phi) is 6.43. The van der Waals surface area contributed by atoms with Gasteiger partial charge in [-0.15, -0.1) is 0 Å². The minimum Gasteiger partial charge on any atom is -0.352 e. The molecule has 4 nitrogen and oxygen atoms in total. The molecule has 0 aliphatic carbocycles. The quantitative estimate of drug-likeness (QED) is 0.638. The van der Waals surface area contributed by atoms with Crippen LogP contribution in [0, 0.1) is 0 Å². The number of hydrogen-bond donors (Lipinski definition) is 1. The second-order valence-electron chi connectivity index (χ2n) is 7.91. The molecule has 2 aromatic carbocycles. The molecule has 0 unspecified atom stereocenters. The molecule has 0 atom stereocenters. The first kappa shape index (κ1) is 20.1. The van der Waals surface area contributed by atoms with Crippen LogP contribution < -0.4 is 10.2 Å². The van der Waals surface area contributed by atoms with Crippen molar-refractivity contribution < 1.29 is 4.79 Å². The molecule has 4 heteroatoms. The molecule has 1 aliphatic heterocycles. The third kappa shape index (κ3) is 5.07. The van der Waals surface area contributed by atoms with E-state index < -0.39 is 0 Å². The summed E-state index contributed by atoms with van der Waals surface area (Å²) < 4.78 is 0. The maximum absolute atomic E-state index is 12.2. The van der Waals surface area contributed by atoms with Gasteiger partial charge in [0.1, 0.15) is 5.82 Å². The van der Waals surface area contributed by atoms with Gasteiger partial charge in [-0.1, -0.05) is 61.5 Å². The number of aromatic nitrogens is 1. The van der Waals surface area contributed by atoms with Gasteiger partial charge in [0, 0.05) is 32.3 Å². The Hall–Kier alpha value is -3.14. The number of rotatable bonds is 7. The number of amides is 1. The number of pyridine rings is 1. The van der Waals surface area contributed by atoms with E-state index in [9.17, 15) is 4.79 Å². The van der Waals surface area contributed by atoms with Crippen LogP contribution in [0.25, 0.3) is 0 Å². The third-order valence-corrected chi connectivity index (χ3v) is 5.83. The molecule has 0 spiro atoms. The molecule has 0 fully saturated rings. The van der Waals surface area contributed by atoms with E-state index in [0.717, 1.165) is 43.7 Å². The van der Waals surface area contributed by atoms with Gasteiger partial charge >= 0.3 is 0 Å². The molecule has 30 heavy (non-hydrogen) atoms. The van der Waals surface area contributed by atoms with Crippen LogP contribution in [0.5, 0.6) is 0 Å². The first-order valence-electron chi connectivity index (χ1n) is 10.8. The van der Waals surface area contributed by atoms with E-state index in [1.807, 2.05) is 6.20 Å². The molecule has 3 aromatic rings. The topological polar surface area (TPSA) is 45.2 Å². The van der Waals surface area contributed by atoms with Crippen molar-refractivity contribution in [1.29, 1.82) is 0 Å². The Balaban J connectivity index is 1.25. The zero-order valence-corrected chi connectivity index (χ0v) is 17.6. The average Bonchev–Trinajstić information content (AvgIpc) is 2.81. The number of aryl methyl sites for hydroxylation is 2. The smallest absolute Gasteiger partial charge is 0.220 e. The van der Waals surface area contributed by atoms with Gasteiger partial charge in [-0.3, -0.25) is 4.79 Å². The van der Waals surface area contributed by atoms with Gasteiger partial charge < -0.3 is 10.2 Å². The highest BCUT2D eigenvalue weighted by molar-refractivity contribution is 5.76. The van der Waals surface area contributed by atoms with Gasteiger partial charge in [-0.05, 0) is 53.1 Å². The lowest BCUT2D eigenvalue weighted by molar-refractivity contribution is -0.121. The Morgan fingerprint density at radius 2 is 1.70 bits per heavy atom. The van der Waals surface area contributed by atoms with E-state index in [0.29, 0.717) is 13.0 Å². The predicted molar refractivity (Wildman–Crippen MR) is 121 cm³/mol. The van der Waals surface area contributed by atoms with Gasteiger partial charge in [0.2, 0.25) is 5.91 Å². The maximum atomic E-state index is 12.2. The van der Waals surface area contributed by atoms with Crippen LogP contribution in [0.1, 0.15) is 41.2 Å². The molecule has 4 rings (SSSR count). The summed E-state index contributed by atoms with van der Waals surface area (Å²) in [6, 6.07) is 21.3. The highest BCUT2D eigenvalue weighted by atomic mass is 16.1. The number of benzene rings is 2. The summed E-state index contributed by atoms with van der Waals surface area (Å²) in [5.41, 5.74) is 6.38. The highest BCUT2D eigenvalue weighted by Gasteiger charge is 2.16. The van der Waals surface area contributed by atoms with Crippen molar-refractivity contribution in [3.8, 4) is 0 Å². The lowest BCUT2D eigenvalue weighted by atomic mass is 10.00. The van der Waals surface area contributed by atoms with Crippen LogP contribution in [0.3, 0.4) is 0 Å². The minimum absolute atomic E-state index is 0.0753. The van der Waals surface area contributed by atoms with Gasteiger partial charge in [0.05, 0.1) is 0 Å². The van der Waals surface area contributed by atoms with Crippen molar-refractivity contribution >= 4 is 11.7 Å². The number of nitrogens with one attached hydrogen (secondary N) is 1. The Morgan fingerprint density at radius 1 is 0.967 bits per heavy atom.